The average Bonchev–Trinajstić information content (AvgIpc) is 3.02. The Bertz CT molecular complexity index is 924. The van der Waals surface area contributed by atoms with Gasteiger partial charge in [-0.1, -0.05) is 30.0 Å². The number of sulfonamides is 1. The molecule has 5 nitrogen and oxygen atoms in total. The number of rotatable bonds is 7. The van der Waals surface area contributed by atoms with Gasteiger partial charge in [0, 0.05) is 6.54 Å². The zero-order valence-electron chi connectivity index (χ0n) is 12.9. The fraction of sp³-hybridized carbons (Fsp3) is 0.188. The first-order chi connectivity index (χ1) is 11.6. The van der Waals surface area contributed by atoms with Crippen molar-refractivity contribution in [1.29, 1.82) is 0 Å². The number of nitrogens with one attached hydrogen (secondary N) is 1. The molecule has 0 radical (unpaired) electrons. The van der Waals surface area contributed by atoms with E-state index in [2.05, 4.69) is 9.71 Å². The molecule has 1 heterocycles. The summed E-state index contributed by atoms with van der Waals surface area (Å²) in [4.78, 5) is 4.65. The van der Waals surface area contributed by atoms with E-state index in [1.165, 1.54) is 11.3 Å². The van der Waals surface area contributed by atoms with Crippen molar-refractivity contribution >= 4 is 43.3 Å². The SMILES string of the molecule is CSc1nc2ccc(S(=O)(=O)NCCOc3ccccc3)cc2s1. The Hall–Kier alpha value is -1.61. The van der Waals surface area contributed by atoms with Crippen LogP contribution in [0.25, 0.3) is 10.2 Å². The van der Waals surface area contributed by atoms with Crippen LogP contribution >= 0.6 is 23.1 Å². The monoisotopic (exact) mass is 380 g/mol. The quantitative estimate of drug-likeness (QED) is 0.503. The number of nitrogens with zero attached hydrogens (tertiary/aromatic N) is 1. The van der Waals surface area contributed by atoms with Gasteiger partial charge in [0.15, 0.2) is 4.34 Å². The van der Waals surface area contributed by atoms with Crippen LogP contribution in [0.4, 0.5) is 0 Å². The molecule has 0 aliphatic carbocycles. The Morgan fingerprint density at radius 2 is 2.00 bits per heavy atom. The molecule has 2 aromatic carbocycles. The van der Waals surface area contributed by atoms with Crippen molar-refractivity contribution < 1.29 is 13.2 Å². The van der Waals surface area contributed by atoms with Gasteiger partial charge in [-0.05, 0) is 36.6 Å². The Balaban J connectivity index is 1.64. The van der Waals surface area contributed by atoms with Crippen LogP contribution in [0.2, 0.25) is 0 Å². The Labute approximate surface area is 149 Å². The van der Waals surface area contributed by atoms with Gasteiger partial charge in [-0.2, -0.15) is 0 Å². The first-order valence-corrected chi connectivity index (χ1v) is 10.7. The summed E-state index contributed by atoms with van der Waals surface area (Å²) in [5.41, 5.74) is 0.815. The number of benzene rings is 2. The predicted molar refractivity (Wildman–Crippen MR) is 98.5 cm³/mol. The molecule has 3 rings (SSSR count). The molecular weight excluding hydrogens is 364 g/mol. The first kappa shape index (κ1) is 17.2. The van der Waals surface area contributed by atoms with E-state index < -0.39 is 10.0 Å². The first-order valence-electron chi connectivity index (χ1n) is 7.20. The van der Waals surface area contributed by atoms with Crippen LogP contribution in [0.3, 0.4) is 0 Å². The highest BCUT2D eigenvalue weighted by atomic mass is 32.2. The van der Waals surface area contributed by atoms with Gasteiger partial charge in [-0.3, -0.25) is 0 Å². The number of aromatic nitrogens is 1. The van der Waals surface area contributed by atoms with Crippen molar-refractivity contribution in [2.24, 2.45) is 0 Å². The average molecular weight is 381 g/mol. The molecule has 0 atom stereocenters. The summed E-state index contributed by atoms with van der Waals surface area (Å²) in [5, 5.41) is 0. The van der Waals surface area contributed by atoms with E-state index in [0.717, 1.165) is 14.6 Å². The van der Waals surface area contributed by atoms with Crippen molar-refractivity contribution in [3.63, 3.8) is 0 Å². The summed E-state index contributed by atoms with van der Waals surface area (Å²) < 4.78 is 34.6. The molecule has 0 aliphatic rings. The molecule has 1 N–H and O–H groups in total. The maximum Gasteiger partial charge on any atom is 0.240 e. The largest absolute Gasteiger partial charge is 0.492 e. The summed E-state index contributed by atoms with van der Waals surface area (Å²) >= 11 is 3.04. The van der Waals surface area contributed by atoms with E-state index in [-0.39, 0.29) is 18.0 Å². The van der Waals surface area contributed by atoms with E-state index in [1.807, 2.05) is 36.6 Å². The van der Waals surface area contributed by atoms with E-state index in [1.54, 1.807) is 30.0 Å². The summed E-state index contributed by atoms with van der Waals surface area (Å²) in [5.74, 6) is 0.715. The number of hydrogen-bond donors (Lipinski definition) is 1. The number of fused-ring (bicyclic) bond motifs is 1. The maximum atomic E-state index is 12.4. The highest BCUT2D eigenvalue weighted by Crippen LogP contribution is 2.29. The van der Waals surface area contributed by atoms with E-state index in [9.17, 15) is 8.42 Å². The molecular formula is C16H16N2O3S3. The van der Waals surface area contributed by atoms with Gasteiger partial charge in [-0.25, -0.2) is 18.1 Å². The fourth-order valence-electron chi connectivity index (χ4n) is 2.08. The molecule has 0 aliphatic heterocycles. The minimum atomic E-state index is -3.56. The lowest BCUT2D eigenvalue weighted by Crippen LogP contribution is -2.28. The van der Waals surface area contributed by atoms with Crippen LogP contribution in [-0.4, -0.2) is 32.8 Å². The normalized spacial score (nSPS) is 11.7. The van der Waals surface area contributed by atoms with Gasteiger partial charge in [0.2, 0.25) is 10.0 Å². The van der Waals surface area contributed by atoms with Gasteiger partial charge in [0.05, 0.1) is 15.1 Å². The number of ether oxygens (including phenoxy) is 1. The van der Waals surface area contributed by atoms with Crippen molar-refractivity contribution in [3.05, 3.63) is 48.5 Å². The molecule has 3 aromatic rings. The van der Waals surface area contributed by atoms with E-state index in [0.29, 0.717) is 5.75 Å². The zero-order valence-corrected chi connectivity index (χ0v) is 15.4. The minimum Gasteiger partial charge on any atom is -0.492 e. The molecule has 0 unspecified atom stereocenters. The van der Waals surface area contributed by atoms with Crippen LogP contribution in [0.1, 0.15) is 0 Å². The van der Waals surface area contributed by atoms with Gasteiger partial charge in [-0.15, -0.1) is 11.3 Å². The molecule has 0 fully saturated rings. The van der Waals surface area contributed by atoms with Crippen LogP contribution in [0.15, 0.2) is 57.8 Å². The number of para-hydroxylation sites is 1. The number of thioether (sulfide) groups is 1. The van der Waals surface area contributed by atoms with Gasteiger partial charge >= 0.3 is 0 Å². The summed E-state index contributed by atoms with van der Waals surface area (Å²) in [6.07, 6.45) is 1.95. The molecule has 0 saturated carbocycles. The minimum absolute atomic E-state index is 0.202. The van der Waals surface area contributed by atoms with Gasteiger partial charge in [0.25, 0.3) is 0 Å². The highest BCUT2D eigenvalue weighted by molar-refractivity contribution is 8.00. The Morgan fingerprint density at radius 1 is 1.21 bits per heavy atom. The molecule has 24 heavy (non-hydrogen) atoms. The Morgan fingerprint density at radius 3 is 2.75 bits per heavy atom. The fourth-order valence-corrected chi connectivity index (χ4v) is 4.73. The maximum absolute atomic E-state index is 12.4. The van der Waals surface area contributed by atoms with Gasteiger partial charge < -0.3 is 4.74 Å². The van der Waals surface area contributed by atoms with Crippen LogP contribution < -0.4 is 9.46 Å². The van der Waals surface area contributed by atoms with Crippen LogP contribution in [-0.2, 0) is 10.0 Å². The molecule has 0 saturated heterocycles. The number of thiazole rings is 1. The molecule has 1 aromatic heterocycles. The number of hydrogen-bond acceptors (Lipinski definition) is 6. The van der Waals surface area contributed by atoms with Crippen molar-refractivity contribution in [2.45, 2.75) is 9.24 Å². The lowest BCUT2D eigenvalue weighted by atomic mass is 10.3. The third-order valence-corrected chi connectivity index (χ3v) is 6.69. The zero-order chi connectivity index (χ0) is 17.0. The Kier molecular flexibility index (Phi) is 5.40. The third-order valence-electron chi connectivity index (χ3n) is 3.23. The second kappa shape index (κ2) is 7.52. The lowest BCUT2D eigenvalue weighted by molar-refractivity contribution is 0.323. The van der Waals surface area contributed by atoms with Gasteiger partial charge in [0.1, 0.15) is 12.4 Å². The molecule has 0 bridgehead atoms. The second-order valence-electron chi connectivity index (χ2n) is 4.87. The molecule has 0 spiro atoms. The van der Waals surface area contributed by atoms with E-state index >= 15 is 0 Å². The third kappa shape index (κ3) is 4.07. The van der Waals surface area contributed by atoms with Crippen LogP contribution in [0, 0.1) is 0 Å². The summed E-state index contributed by atoms with van der Waals surface area (Å²) in [6, 6.07) is 14.3. The standard InChI is InChI=1S/C16H16N2O3S3/c1-22-16-18-14-8-7-13(11-15(14)23-16)24(19,20)17-9-10-21-12-5-3-2-4-6-12/h2-8,11,17H,9-10H2,1H3. The van der Waals surface area contributed by atoms with E-state index in [4.69, 9.17) is 4.74 Å². The highest BCUT2D eigenvalue weighted by Gasteiger charge is 2.15. The molecule has 8 heteroatoms. The van der Waals surface area contributed by atoms with Crippen molar-refractivity contribution in [3.8, 4) is 5.75 Å². The second-order valence-corrected chi connectivity index (χ2v) is 8.72. The van der Waals surface area contributed by atoms with Crippen molar-refractivity contribution in [1.82, 2.24) is 9.71 Å². The van der Waals surface area contributed by atoms with Crippen LogP contribution in [0.5, 0.6) is 5.75 Å². The summed E-state index contributed by atoms with van der Waals surface area (Å²) in [7, 11) is -3.56. The molecule has 126 valence electrons. The topological polar surface area (TPSA) is 68.3 Å². The summed E-state index contributed by atoms with van der Waals surface area (Å²) in [6.45, 7) is 0.469. The van der Waals surface area contributed by atoms with Crippen molar-refractivity contribution in [2.75, 3.05) is 19.4 Å². The smallest absolute Gasteiger partial charge is 0.240 e. The molecule has 0 amide bonds. The lowest BCUT2D eigenvalue weighted by Gasteiger charge is -2.08. The predicted octanol–water partition coefficient (Wildman–Crippen LogP) is 3.38.